The van der Waals surface area contributed by atoms with E-state index in [1.54, 1.807) is 0 Å². The standard InChI is InChI=1S/C5H9N3OS.ClH/c1-6-4-5(8-9)10-3-2-7-4;/h9H,2-3H2,1H3,(H,6,7);1H/b8-5+;/i1D3;. The monoisotopic (exact) mass is 198 g/mol. The summed E-state index contributed by atoms with van der Waals surface area (Å²) in [5, 5.41) is 14.4. The van der Waals surface area contributed by atoms with Crippen LogP contribution in [0.2, 0.25) is 0 Å². The summed E-state index contributed by atoms with van der Waals surface area (Å²) >= 11 is 1.27. The smallest absolute Gasteiger partial charge is 0.177 e. The molecule has 11 heavy (non-hydrogen) atoms. The van der Waals surface area contributed by atoms with Crippen LogP contribution in [0.5, 0.6) is 0 Å². The molecule has 1 aliphatic heterocycles. The van der Waals surface area contributed by atoms with Gasteiger partial charge >= 0.3 is 0 Å². The van der Waals surface area contributed by atoms with E-state index in [-0.39, 0.29) is 23.3 Å². The third-order valence-corrected chi connectivity index (χ3v) is 2.00. The average Bonchev–Trinajstić information content (AvgIpc) is 2.02. The number of halogens is 1. The van der Waals surface area contributed by atoms with E-state index in [0.29, 0.717) is 6.54 Å². The van der Waals surface area contributed by atoms with Crippen molar-refractivity contribution >= 4 is 35.0 Å². The van der Waals surface area contributed by atoms with Crippen molar-refractivity contribution in [3.8, 4) is 0 Å². The average molecular weight is 199 g/mol. The highest BCUT2D eigenvalue weighted by Crippen LogP contribution is 2.07. The van der Waals surface area contributed by atoms with E-state index in [1.807, 2.05) is 0 Å². The summed E-state index contributed by atoms with van der Waals surface area (Å²) in [6.07, 6.45) is 0. The topological polar surface area (TPSA) is 57.0 Å². The van der Waals surface area contributed by atoms with Gasteiger partial charge in [0, 0.05) is 23.4 Å². The molecule has 0 aromatic rings. The van der Waals surface area contributed by atoms with E-state index < -0.39 is 6.98 Å². The fourth-order valence-corrected chi connectivity index (χ4v) is 1.33. The second-order valence-corrected chi connectivity index (χ2v) is 2.72. The van der Waals surface area contributed by atoms with E-state index in [1.165, 1.54) is 11.8 Å². The molecule has 0 amide bonds. The number of rotatable bonds is 0. The Balaban J connectivity index is 0.00000169. The third-order valence-electron chi connectivity index (χ3n) is 1.04. The summed E-state index contributed by atoms with van der Waals surface area (Å²) < 4.78 is 20.7. The molecule has 6 heteroatoms. The lowest BCUT2D eigenvalue weighted by Gasteiger charge is -2.14. The lowest BCUT2D eigenvalue weighted by atomic mass is 10.5. The highest BCUT2D eigenvalue weighted by atomic mass is 35.5. The van der Waals surface area contributed by atoms with Gasteiger partial charge in [0.25, 0.3) is 0 Å². The number of nitrogens with zero attached hydrogens (tertiary/aromatic N) is 2. The van der Waals surface area contributed by atoms with Crippen molar-refractivity contribution in [3.63, 3.8) is 0 Å². The van der Waals surface area contributed by atoms with Gasteiger partial charge in [0.05, 0.1) is 0 Å². The number of oxime groups is 1. The van der Waals surface area contributed by atoms with E-state index in [2.05, 4.69) is 15.5 Å². The van der Waals surface area contributed by atoms with Crippen LogP contribution in [0.25, 0.3) is 0 Å². The minimum Gasteiger partial charge on any atom is -0.410 e. The van der Waals surface area contributed by atoms with Crippen molar-refractivity contribution in [1.29, 1.82) is 0 Å². The number of nitrogens with one attached hydrogen (secondary N) is 1. The molecule has 0 aliphatic carbocycles. The Labute approximate surface area is 79.8 Å². The maximum atomic E-state index is 8.52. The number of amidine groups is 1. The van der Waals surface area contributed by atoms with Crippen molar-refractivity contribution in [2.45, 2.75) is 0 Å². The highest BCUT2D eigenvalue weighted by molar-refractivity contribution is 8.15. The first-order chi connectivity index (χ1) is 6.03. The van der Waals surface area contributed by atoms with E-state index in [9.17, 15) is 0 Å². The minimum absolute atomic E-state index is 0. The molecule has 0 saturated carbocycles. The molecule has 64 valence electrons. The SMILES string of the molecule is Cl.[2H]C([2H])([2H])N=C1NCCS/C1=N/O. The number of hydrogen-bond acceptors (Lipinski definition) is 4. The van der Waals surface area contributed by atoms with Gasteiger partial charge in [-0.15, -0.1) is 12.4 Å². The molecule has 0 unspecified atom stereocenters. The van der Waals surface area contributed by atoms with Gasteiger partial charge in [-0.2, -0.15) is 0 Å². The predicted molar refractivity (Wildman–Crippen MR) is 50.3 cm³/mol. The number of hydrogen-bond donors (Lipinski definition) is 2. The Morgan fingerprint density at radius 2 is 2.64 bits per heavy atom. The van der Waals surface area contributed by atoms with Gasteiger partial charge in [-0.1, -0.05) is 16.9 Å². The van der Waals surface area contributed by atoms with Gasteiger partial charge in [-0.25, -0.2) is 0 Å². The van der Waals surface area contributed by atoms with Gasteiger partial charge in [-0.3, -0.25) is 4.99 Å². The van der Waals surface area contributed by atoms with Crippen molar-refractivity contribution < 1.29 is 9.32 Å². The first kappa shape index (κ1) is 6.14. The van der Waals surface area contributed by atoms with Crippen LogP contribution in [0.4, 0.5) is 0 Å². The Morgan fingerprint density at radius 1 is 1.82 bits per heavy atom. The Morgan fingerprint density at radius 3 is 3.27 bits per heavy atom. The lowest BCUT2D eigenvalue weighted by molar-refractivity contribution is 0.321. The Kier molecular flexibility index (Phi) is 2.93. The second kappa shape index (κ2) is 5.26. The van der Waals surface area contributed by atoms with Crippen LogP contribution in [0.3, 0.4) is 0 Å². The van der Waals surface area contributed by atoms with Crippen molar-refractivity contribution in [2.75, 3.05) is 19.3 Å². The summed E-state index contributed by atoms with van der Waals surface area (Å²) in [5.41, 5.74) is 0. The lowest BCUT2D eigenvalue weighted by Crippen LogP contribution is -2.36. The minimum atomic E-state index is -2.39. The van der Waals surface area contributed by atoms with Crippen LogP contribution >= 0.6 is 24.2 Å². The fraction of sp³-hybridized carbons (Fsp3) is 0.600. The predicted octanol–water partition coefficient (Wildman–Crippen LogP) is 0.561. The van der Waals surface area contributed by atoms with Crippen LogP contribution in [0.1, 0.15) is 4.11 Å². The molecule has 1 heterocycles. The largest absolute Gasteiger partial charge is 0.410 e. The van der Waals surface area contributed by atoms with Crippen LogP contribution in [0, 0.1) is 0 Å². The molecule has 0 aromatic carbocycles. The fourth-order valence-electron chi connectivity index (χ4n) is 0.625. The number of aliphatic imine (C=N–C) groups is 1. The molecular weight excluding hydrogens is 186 g/mol. The second-order valence-electron chi connectivity index (χ2n) is 1.64. The molecule has 2 N–H and O–H groups in total. The van der Waals surface area contributed by atoms with Crippen LogP contribution in [-0.4, -0.2) is 35.4 Å². The summed E-state index contributed by atoms with van der Waals surface area (Å²) in [4.78, 5) is 3.41. The summed E-state index contributed by atoms with van der Waals surface area (Å²) in [6.45, 7) is -1.77. The maximum absolute atomic E-state index is 8.52. The molecule has 1 fully saturated rings. The summed E-state index contributed by atoms with van der Waals surface area (Å²) in [6, 6.07) is 0. The van der Waals surface area contributed by atoms with Gasteiger partial charge in [0.15, 0.2) is 10.9 Å². The van der Waals surface area contributed by atoms with Crippen LogP contribution in [-0.2, 0) is 0 Å². The van der Waals surface area contributed by atoms with E-state index in [4.69, 9.17) is 9.32 Å². The Bertz CT molecular complexity index is 255. The molecule has 1 rings (SSSR count). The zero-order chi connectivity index (χ0) is 9.90. The molecule has 0 spiro atoms. The van der Waals surface area contributed by atoms with Crippen molar-refractivity contribution in [1.82, 2.24) is 5.32 Å². The molecule has 0 radical (unpaired) electrons. The quantitative estimate of drug-likeness (QED) is 0.442. The van der Waals surface area contributed by atoms with Gasteiger partial charge in [0.1, 0.15) is 0 Å². The zero-order valence-corrected chi connectivity index (χ0v) is 7.21. The molecule has 0 atom stereocenters. The van der Waals surface area contributed by atoms with Gasteiger partial charge < -0.3 is 10.5 Å². The molecule has 0 aromatic heterocycles. The van der Waals surface area contributed by atoms with Gasteiger partial charge in [-0.05, 0) is 0 Å². The van der Waals surface area contributed by atoms with Crippen molar-refractivity contribution in [2.24, 2.45) is 10.1 Å². The molecule has 0 bridgehead atoms. The molecule has 4 nitrogen and oxygen atoms in total. The first-order valence-electron chi connectivity index (χ1n) is 4.22. The van der Waals surface area contributed by atoms with Gasteiger partial charge in [0.2, 0.25) is 0 Å². The van der Waals surface area contributed by atoms with Crippen LogP contribution in [0.15, 0.2) is 10.1 Å². The Hall–Kier alpha value is -0.420. The first-order valence-corrected chi connectivity index (χ1v) is 3.70. The molecule has 1 saturated heterocycles. The highest BCUT2D eigenvalue weighted by Gasteiger charge is 2.13. The zero-order valence-electron chi connectivity index (χ0n) is 8.57. The van der Waals surface area contributed by atoms with Crippen molar-refractivity contribution in [3.05, 3.63) is 0 Å². The molecular formula is C5H10ClN3OS. The summed E-state index contributed by atoms with van der Waals surface area (Å²) in [7, 11) is 0. The third kappa shape index (κ3) is 2.59. The normalized spacial score (nSPS) is 29.6. The van der Waals surface area contributed by atoms with Crippen LogP contribution < -0.4 is 5.32 Å². The van der Waals surface area contributed by atoms with E-state index in [0.717, 1.165) is 5.75 Å². The maximum Gasteiger partial charge on any atom is 0.177 e. The number of thioether (sulfide) groups is 1. The summed E-state index contributed by atoms with van der Waals surface area (Å²) in [5.74, 6) is 0.873. The van der Waals surface area contributed by atoms with E-state index >= 15 is 0 Å². The molecule has 1 aliphatic rings.